The number of aliphatic hydroxyl groups is 1. The first-order valence-electron chi connectivity index (χ1n) is 19.4. The molecule has 0 unspecified atom stereocenters. The Morgan fingerprint density at radius 3 is 1.69 bits per heavy atom. The van der Waals surface area contributed by atoms with Crippen molar-refractivity contribution in [3.8, 4) is 0 Å². The van der Waals surface area contributed by atoms with Gasteiger partial charge in [-0.2, -0.15) is 10.2 Å². The van der Waals surface area contributed by atoms with Gasteiger partial charge in [-0.25, -0.2) is 0 Å². The summed E-state index contributed by atoms with van der Waals surface area (Å²) in [6.45, 7) is 9.34. The van der Waals surface area contributed by atoms with Crippen molar-refractivity contribution in [2.75, 3.05) is 34.4 Å². The summed E-state index contributed by atoms with van der Waals surface area (Å²) in [5, 5.41) is 20.7. The molecule has 13 N–H and O–H groups in total. The Bertz CT molecular complexity index is 2550. The van der Waals surface area contributed by atoms with E-state index in [9.17, 15) is 5.11 Å². The summed E-state index contributed by atoms with van der Waals surface area (Å²) in [6.07, 6.45) is 0. The van der Waals surface area contributed by atoms with Crippen molar-refractivity contribution in [1.29, 1.82) is 0 Å². The minimum absolute atomic E-state index is 0.720. The number of para-hydroxylation sites is 2. The van der Waals surface area contributed by atoms with E-state index < -0.39 is 5.60 Å². The average Bonchev–Trinajstić information content (AvgIpc) is 3.23. The predicted octanol–water partition coefficient (Wildman–Crippen LogP) is 9.61. The summed E-state index contributed by atoms with van der Waals surface area (Å²) in [6, 6.07) is 54.0. The number of nitrogen functional groups attached to an aromatic ring is 6. The maximum atomic E-state index is 9.54. The van der Waals surface area contributed by atoms with Crippen LogP contribution in [0.3, 0.4) is 0 Å². The number of aromatic nitrogens is 4. The molecule has 0 bridgehead atoms. The molecule has 0 aliphatic rings. The fraction of sp³-hybridized carbons (Fsp3) is 0.120. The van der Waals surface area contributed by atoms with Crippen molar-refractivity contribution in [2.45, 2.75) is 40.2 Å². The zero-order valence-corrected chi connectivity index (χ0v) is 35.3. The maximum absolute atomic E-state index is 9.54. The smallest absolute Gasteiger partial charge is 0.0950 e. The first-order valence-corrected chi connectivity index (χ1v) is 19.4. The first-order chi connectivity index (χ1) is 29.1. The van der Waals surface area contributed by atoms with Crippen molar-refractivity contribution >= 4 is 66.8 Å². The molecule has 311 valence electrons. The van der Waals surface area contributed by atoms with Gasteiger partial charge in [-0.3, -0.25) is 9.97 Å². The average molecular weight is 812 g/mol. The maximum Gasteiger partial charge on any atom is 0.0950 e. The van der Waals surface area contributed by atoms with E-state index in [1.54, 1.807) is 32.0 Å². The second-order valence-corrected chi connectivity index (χ2v) is 14.5. The summed E-state index contributed by atoms with van der Waals surface area (Å²) in [5.74, 6) is 0. The summed E-state index contributed by atoms with van der Waals surface area (Å²) in [7, 11) is 0. The highest BCUT2D eigenvalue weighted by molar-refractivity contribution is 5.90. The van der Waals surface area contributed by atoms with E-state index in [1.807, 2.05) is 166 Å². The molecule has 0 fully saturated rings. The standard InChI is InChI=1S/2C10H10N2.C9H9N3.C9H13NO.C6H7N.C6H6N/c1-7-2-3-8-6-9(11)4-5-10(8)12-7;1-7-5-6-8-3-2-4-9(11)10(8)12-7;1-6-5-7-8(10)3-2-4-9(7)12-11-6;1-9(2,11)7-3-5-8(10)6-4-7;2*7-6-4-2-1-3-5-6/h2*2-6H,11H2,1H3;2-5H,10H2,1H3;3-6,11H,10H2,1-2H3;1-5H,7H2;1-2,4-5H,7H2. The molecular weight excluding hydrogens is 757 g/mol. The van der Waals surface area contributed by atoms with Gasteiger partial charge in [0, 0.05) is 56.0 Å². The van der Waals surface area contributed by atoms with Gasteiger partial charge in [0.05, 0.1) is 33.5 Å². The van der Waals surface area contributed by atoms with E-state index in [1.165, 1.54) is 0 Å². The number of anilines is 6. The number of benzene rings is 6. The van der Waals surface area contributed by atoms with Crippen LogP contribution in [-0.4, -0.2) is 25.3 Å². The zero-order chi connectivity index (χ0) is 44.4. The third kappa shape index (κ3) is 15.5. The van der Waals surface area contributed by atoms with Gasteiger partial charge in [0.1, 0.15) is 0 Å². The molecule has 0 aliphatic carbocycles. The molecule has 11 heteroatoms. The highest BCUT2D eigenvalue weighted by Crippen LogP contribution is 2.21. The molecule has 9 aromatic rings. The highest BCUT2D eigenvalue weighted by Gasteiger charge is 2.14. The largest absolute Gasteiger partial charge is 0.399 e. The summed E-state index contributed by atoms with van der Waals surface area (Å²) in [4.78, 5) is 8.71. The van der Waals surface area contributed by atoms with Crippen LogP contribution in [0.15, 0.2) is 164 Å². The van der Waals surface area contributed by atoms with Gasteiger partial charge in [-0.1, -0.05) is 72.8 Å². The zero-order valence-electron chi connectivity index (χ0n) is 35.3. The normalized spacial score (nSPS) is 10.2. The fourth-order valence-corrected chi connectivity index (χ4v) is 5.45. The van der Waals surface area contributed by atoms with E-state index in [0.717, 1.165) is 89.5 Å². The van der Waals surface area contributed by atoms with Crippen LogP contribution >= 0.6 is 0 Å². The molecule has 6 aromatic carbocycles. The number of fused-ring (bicyclic) bond motifs is 3. The fourth-order valence-electron chi connectivity index (χ4n) is 5.45. The van der Waals surface area contributed by atoms with Gasteiger partial charge in [-0.15, -0.1) is 0 Å². The summed E-state index contributed by atoms with van der Waals surface area (Å²) < 4.78 is 0. The van der Waals surface area contributed by atoms with E-state index in [-0.39, 0.29) is 0 Å². The van der Waals surface area contributed by atoms with Gasteiger partial charge < -0.3 is 39.5 Å². The molecule has 11 nitrogen and oxygen atoms in total. The first kappa shape index (κ1) is 45.9. The number of rotatable bonds is 1. The Labute approximate surface area is 358 Å². The Morgan fingerprint density at radius 2 is 1.08 bits per heavy atom. The lowest BCUT2D eigenvalue weighted by atomic mass is 9.98. The molecule has 3 aromatic heterocycles. The van der Waals surface area contributed by atoms with Crippen molar-refractivity contribution in [1.82, 2.24) is 20.2 Å². The topological polar surface area (TPSA) is 228 Å². The van der Waals surface area contributed by atoms with Crippen molar-refractivity contribution in [3.63, 3.8) is 0 Å². The molecule has 0 spiro atoms. The number of pyridine rings is 2. The minimum Gasteiger partial charge on any atom is -0.399 e. The van der Waals surface area contributed by atoms with E-state index >= 15 is 0 Å². The van der Waals surface area contributed by atoms with Gasteiger partial charge >= 0.3 is 0 Å². The molecule has 3 heterocycles. The van der Waals surface area contributed by atoms with Gasteiger partial charge in [0.2, 0.25) is 0 Å². The molecule has 0 saturated carbocycles. The van der Waals surface area contributed by atoms with Gasteiger partial charge in [-0.05, 0) is 137 Å². The molecule has 61 heavy (non-hydrogen) atoms. The van der Waals surface area contributed by atoms with E-state index in [0.29, 0.717) is 0 Å². The SMILES string of the molecule is CC(C)(O)c1ccc(N)cc1.Cc1cc2c(N)cccc2nn1.Cc1ccc2cc(N)ccc2n1.Cc1ccc2cccc(N)c2n1.Nc1c[c]ccc1.Nc1ccccc1. The van der Waals surface area contributed by atoms with Crippen LogP contribution in [-0.2, 0) is 5.60 Å². The van der Waals surface area contributed by atoms with Crippen LogP contribution in [0.5, 0.6) is 0 Å². The Hall–Kier alpha value is -7.76. The second kappa shape index (κ2) is 22.4. The van der Waals surface area contributed by atoms with Crippen molar-refractivity contribution in [3.05, 3.63) is 193 Å². The Balaban J connectivity index is 0.000000163. The van der Waals surface area contributed by atoms with Crippen molar-refractivity contribution < 1.29 is 5.11 Å². The molecular formula is C50H55N10O. The van der Waals surface area contributed by atoms with Crippen LogP contribution in [0.4, 0.5) is 34.1 Å². The van der Waals surface area contributed by atoms with Crippen LogP contribution < -0.4 is 34.4 Å². The monoisotopic (exact) mass is 811 g/mol. The Morgan fingerprint density at radius 1 is 0.475 bits per heavy atom. The van der Waals surface area contributed by atoms with E-state index in [4.69, 9.17) is 34.4 Å². The summed E-state index contributed by atoms with van der Waals surface area (Å²) >= 11 is 0. The molecule has 1 radical (unpaired) electrons. The number of aryl methyl sites for hydroxylation is 3. The number of hydrogen-bond donors (Lipinski definition) is 7. The van der Waals surface area contributed by atoms with Crippen molar-refractivity contribution in [2.24, 2.45) is 0 Å². The lowest BCUT2D eigenvalue weighted by Crippen LogP contribution is -2.14. The second-order valence-electron chi connectivity index (χ2n) is 14.5. The molecule has 0 amide bonds. The third-order valence-corrected chi connectivity index (χ3v) is 8.68. The molecule has 0 atom stereocenters. The number of nitrogens with two attached hydrogens (primary N) is 6. The van der Waals surface area contributed by atoms with Gasteiger partial charge in [0.15, 0.2) is 0 Å². The summed E-state index contributed by atoms with van der Waals surface area (Å²) in [5.41, 5.74) is 43.7. The van der Waals surface area contributed by atoms with Gasteiger partial charge in [0.25, 0.3) is 0 Å². The molecule has 0 aliphatic heterocycles. The Kier molecular flexibility index (Phi) is 16.9. The minimum atomic E-state index is -0.770. The lowest BCUT2D eigenvalue weighted by molar-refractivity contribution is 0.0786. The van der Waals surface area contributed by atoms with Crippen LogP contribution in [0.1, 0.15) is 36.5 Å². The third-order valence-electron chi connectivity index (χ3n) is 8.68. The number of hydrogen-bond acceptors (Lipinski definition) is 11. The number of nitrogens with zero attached hydrogens (tertiary/aromatic N) is 4. The van der Waals surface area contributed by atoms with E-state index in [2.05, 4.69) is 26.2 Å². The molecule has 9 rings (SSSR count). The van der Waals surface area contributed by atoms with Crippen LogP contribution in [0, 0.1) is 26.8 Å². The van der Waals surface area contributed by atoms with Crippen LogP contribution in [0.2, 0.25) is 0 Å². The predicted molar refractivity (Wildman–Crippen MR) is 257 cm³/mol. The molecule has 0 saturated heterocycles. The quantitative estimate of drug-likeness (QED) is 0.0772. The highest BCUT2D eigenvalue weighted by atomic mass is 16.3. The lowest BCUT2D eigenvalue weighted by Gasteiger charge is -2.17. The van der Waals surface area contributed by atoms with Crippen LogP contribution in [0.25, 0.3) is 32.7 Å².